The summed E-state index contributed by atoms with van der Waals surface area (Å²) in [7, 11) is 1.55. The van der Waals surface area contributed by atoms with Crippen LogP contribution in [0.5, 0.6) is 5.75 Å². The first-order valence-corrected chi connectivity index (χ1v) is 9.37. The highest BCUT2D eigenvalue weighted by atomic mass is 16.5. The van der Waals surface area contributed by atoms with Crippen molar-refractivity contribution in [1.29, 1.82) is 0 Å². The molecule has 0 spiro atoms. The van der Waals surface area contributed by atoms with Gasteiger partial charge >= 0.3 is 5.97 Å². The predicted molar refractivity (Wildman–Crippen MR) is 96.2 cm³/mol. The molecule has 2 aliphatic rings. The van der Waals surface area contributed by atoms with Crippen LogP contribution in [0, 0.1) is 0 Å². The van der Waals surface area contributed by atoms with E-state index >= 15 is 0 Å². The molecule has 2 unspecified atom stereocenters. The lowest BCUT2D eigenvalue weighted by Gasteiger charge is -2.21. The first-order chi connectivity index (χ1) is 12.6. The highest BCUT2D eigenvalue weighted by Crippen LogP contribution is 2.25. The van der Waals surface area contributed by atoms with Gasteiger partial charge in [0, 0.05) is 26.5 Å². The Balaban J connectivity index is 1.56. The van der Waals surface area contributed by atoms with Crippen LogP contribution in [-0.2, 0) is 20.7 Å². The van der Waals surface area contributed by atoms with Crippen molar-refractivity contribution in [3.63, 3.8) is 0 Å². The van der Waals surface area contributed by atoms with Gasteiger partial charge in [-0.05, 0) is 49.8 Å². The summed E-state index contributed by atoms with van der Waals surface area (Å²) in [5, 5.41) is 9.34. The molecule has 1 aliphatic heterocycles. The predicted octanol–water partition coefficient (Wildman–Crippen LogP) is 2.64. The molecule has 6 heteroatoms. The van der Waals surface area contributed by atoms with E-state index in [2.05, 4.69) is 0 Å². The Morgan fingerprint density at radius 2 is 2.00 bits per heavy atom. The second kappa shape index (κ2) is 8.54. The van der Waals surface area contributed by atoms with Gasteiger partial charge in [-0.15, -0.1) is 0 Å². The number of amides is 1. The van der Waals surface area contributed by atoms with Crippen LogP contribution in [-0.4, -0.2) is 53.8 Å². The highest BCUT2D eigenvalue weighted by molar-refractivity contribution is 5.84. The van der Waals surface area contributed by atoms with E-state index in [1.165, 1.54) is 17.7 Å². The SMILES string of the molecule is COC1CC(C(=O)O)N(C(=O)CCc2cccc(OC3CCCC3)c2)C1. The third-order valence-corrected chi connectivity index (χ3v) is 5.33. The van der Waals surface area contributed by atoms with E-state index in [0.29, 0.717) is 25.5 Å². The third-order valence-electron chi connectivity index (χ3n) is 5.33. The van der Waals surface area contributed by atoms with Crippen LogP contribution in [0.3, 0.4) is 0 Å². The number of aliphatic carboxylic acids is 1. The molecule has 1 aromatic rings. The van der Waals surface area contributed by atoms with Crippen molar-refractivity contribution in [2.75, 3.05) is 13.7 Å². The maximum Gasteiger partial charge on any atom is 0.326 e. The van der Waals surface area contributed by atoms with Gasteiger partial charge in [0.1, 0.15) is 11.8 Å². The Kier molecular flexibility index (Phi) is 6.14. The zero-order valence-electron chi connectivity index (χ0n) is 15.2. The molecule has 1 amide bonds. The number of carbonyl (C=O) groups excluding carboxylic acids is 1. The molecule has 1 heterocycles. The van der Waals surface area contributed by atoms with Gasteiger partial charge in [0.05, 0.1) is 12.2 Å². The Bertz CT molecular complexity index is 641. The molecule has 1 aliphatic carbocycles. The number of benzene rings is 1. The zero-order chi connectivity index (χ0) is 18.5. The van der Waals surface area contributed by atoms with Crippen molar-refractivity contribution < 1.29 is 24.2 Å². The van der Waals surface area contributed by atoms with Gasteiger partial charge < -0.3 is 19.5 Å². The van der Waals surface area contributed by atoms with E-state index in [1.807, 2.05) is 24.3 Å². The molecule has 0 bridgehead atoms. The molecule has 1 saturated carbocycles. The molecule has 2 fully saturated rings. The zero-order valence-corrected chi connectivity index (χ0v) is 15.2. The second-order valence-electron chi connectivity index (χ2n) is 7.17. The molecule has 0 radical (unpaired) electrons. The number of nitrogens with zero attached hydrogens (tertiary/aromatic N) is 1. The van der Waals surface area contributed by atoms with Crippen molar-refractivity contribution in [2.24, 2.45) is 0 Å². The first kappa shape index (κ1) is 18.7. The molecular weight excluding hydrogens is 334 g/mol. The van der Waals surface area contributed by atoms with E-state index in [1.54, 1.807) is 7.11 Å². The van der Waals surface area contributed by atoms with Gasteiger partial charge in [0.2, 0.25) is 5.91 Å². The lowest BCUT2D eigenvalue weighted by atomic mass is 10.1. The molecule has 1 aromatic carbocycles. The van der Waals surface area contributed by atoms with E-state index in [9.17, 15) is 14.7 Å². The fraction of sp³-hybridized carbons (Fsp3) is 0.600. The Labute approximate surface area is 154 Å². The molecular formula is C20H27NO5. The third kappa shape index (κ3) is 4.55. The van der Waals surface area contributed by atoms with Crippen LogP contribution in [0.15, 0.2) is 24.3 Å². The normalized spacial score (nSPS) is 23.3. The summed E-state index contributed by atoms with van der Waals surface area (Å²) < 4.78 is 11.3. The highest BCUT2D eigenvalue weighted by Gasteiger charge is 2.39. The summed E-state index contributed by atoms with van der Waals surface area (Å²) in [6.07, 6.45) is 5.96. The van der Waals surface area contributed by atoms with Gasteiger partial charge in [-0.2, -0.15) is 0 Å². The van der Waals surface area contributed by atoms with Crippen LogP contribution in [0.1, 0.15) is 44.1 Å². The van der Waals surface area contributed by atoms with Gasteiger partial charge in [-0.3, -0.25) is 4.79 Å². The molecule has 1 N–H and O–H groups in total. The van der Waals surface area contributed by atoms with Crippen LogP contribution < -0.4 is 4.74 Å². The number of aryl methyl sites for hydroxylation is 1. The maximum absolute atomic E-state index is 12.5. The molecule has 2 atom stereocenters. The fourth-order valence-corrected chi connectivity index (χ4v) is 3.85. The van der Waals surface area contributed by atoms with Crippen molar-refractivity contribution in [3.05, 3.63) is 29.8 Å². The summed E-state index contributed by atoms with van der Waals surface area (Å²) in [6.45, 7) is 0.344. The Morgan fingerprint density at radius 3 is 2.69 bits per heavy atom. The molecule has 0 aromatic heterocycles. The monoisotopic (exact) mass is 361 g/mol. The summed E-state index contributed by atoms with van der Waals surface area (Å²) >= 11 is 0. The lowest BCUT2D eigenvalue weighted by Crippen LogP contribution is -2.40. The number of hydrogen-bond acceptors (Lipinski definition) is 4. The number of ether oxygens (including phenoxy) is 2. The van der Waals surface area contributed by atoms with Crippen LogP contribution in [0.2, 0.25) is 0 Å². The van der Waals surface area contributed by atoms with E-state index in [4.69, 9.17) is 9.47 Å². The van der Waals surface area contributed by atoms with Crippen LogP contribution in [0.25, 0.3) is 0 Å². The van der Waals surface area contributed by atoms with Gasteiger partial charge in [-0.1, -0.05) is 12.1 Å². The molecule has 142 valence electrons. The number of likely N-dealkylation sites (tertiary alicyclic amines) is 1. The van der Waals surface area contributed by atoms with Crippen molar-refractivity contribution in [3.8, 4) is 5.75 Å². The average molecular weight is 361 g/mol. The standard InChI is InChI=1S/C20H27NO5/c1-25-17-12-18(20(23)24)21(13-17)19(22)10-9-14-5-4-8-16(11-14)26-15-6-2-3-7-15/h4-5,8,11,15,17-18H,2-3,6-7,9-10,12-13H2,1H3,(H,23,24). The van der Waals surface area contributed by atoms with Crippen molar-refractivity contribution in [1.82, 2.24) is 4.90 Å². The van der Waals surface area contributed by atoms with Crippen LogP contribution in [0.4, 0.5) is 0 Å². The summed E-state index contributed by atoms with van der Waals surface area (Å²) in [5.74, 6) is -0.255. The van der Waals surface area contributed by atoms with Crippen molar-refractivity contribution >= 4 is 11.9 Å². The average Bonchev–Trinajstić information content (AvgIpc) is 3.29. The van der Waals surface area contributed by atoms with Crippen LogP contribution >= 0.6 is 0 Å². The molecule has 1 saturated heterocycles. The number of hydrogen-bond donors (Lipinski definition) is 1. The molecule has 26 heavy (non-hydrogen) atoms. The topological polar surface area (TPSA) is 76.1 Å². The second-order valence-corrected chi connectivity index (χ2v) is 7.17. The lowest BCUT2D eigenvalue weighted by molar-refractivity contribution is -0.148. The Hall–Kier alpha value is -2.08. The number of carboxylic acids is 1. The number of methoxy groups -OCH3 is 1. The van der Waals surface area contributed by atoms with Gasteiger partial charge in [0.15, 0.2) is 0 Å². The van der Waals surface area contributed by atoms with E-state index in [0.717, 1.165) is 24.2 Å². The van der Waals surface area contributed by atoms with E-state index in [-0.39, 0.29) is 18.4 Å². The van der Waals surface area contributed by atoms with Gasteiger partial charge in [0.25, 0.3) is 0 Å². The molecule has 3 rings (SSSR count). The Morgan fingerprint density at radius 1 is 1.23 bits per heavy atom. The number of rotatable bonds is 7. The summed E-state index contributed by atoms with van der Waals surface area (Å²) in [5.41, 5.74) is 1.03. The maximum atomic E-state index is 12.5. The minimum absolute atomic E-state index is 0.140. The quantitative estimate of drug-likeness (QED) is 0.808. The summed E-state index contributed by atoms with van der Waals surface area (Å²) in [4.78, 5) is 25.4. The first-order valence-electron chi connectivity index (χ1n) is 9.37. The van der Waals surface area contributed by atoms with Crippen molar-refractivity contribution in [2.45, 2.75) is 63.2 Å². The minimum atomic E-state index is -0.968. The van der Waals surface area contributed by atoms with Gasteiger partial charge in [-0.25, -0.2) is 4.79 Å². The molecule has 6 nitrogen and oxygen atoms in total. The smallest absolute Gasteiger partial charge is 0.326 e. The fourth-order valence-electron chi connectivity index (χ4n) is 3.85. The summed E-state index contributed by atoms with van der Waals surface area (Å²) in [6, 6.07) is 7.08. The number of carbonyl (C=O) groups is 2. The minimum Gasteiger partial charge on any atom is -0.490 e. The van der Waals surface area contributed by atoms with E-state index < -0.39 is 12.0 Å². The largest absolute Gasteiger partial charge is 0.490 e. The number of carboxylic acid groups (broad SMARTS) is 1.